The first-order valence-electron chi connectivity index (χ1n) is 6.78. The number of aliphatic hydroxyl groups is 1. The number of hydrogen-bond acceptors (Lipinski definition) is 6. The molecule has 5 atom stereocenters. The monoisotopic (exact) mass is 308 g/mol. The minimum Gasteiger partial charge on any atom is -0.366 e. The molecule has 20 heavy (non-hydrogen) atoms. The number of rotatable bonds is 2. The molecule has 0 aromatic carbocycles. The van der Waals surface area contributed by atoms with Gasteiger partial charge in [-0.3, -0.25) is 0 Å². The quantitative estimate of drug-likeness (QED) is 0.767. The molecule has 1 N–H and O–H groups in total. The molecule has 0 unspecified atom stereocenters. The van der Waals surface area contributed by atoms with Gasteiger partial charge in [0.05, 0.1) is 12.5 Å². The number of aliphatic hydroxyl groups excluding tert-OH is 1. The van der Waals surface area contributed by atoms with Gasteiger partial charge in [0.15, 0.2) is 17.9 Å². The molecule has 0 aromatic rings. The lowest BCUT2D eigenvalue weighted by Crippen LogP contribution is -2.54. The van der Waals surface area contributed by atoms with Crippen LogP contribution in [-0.4, -0.2) is 59.4 Å². The molecule has 0 amide bonds. The van der Waals surface area contributed by atoms with E-state index in [0.29, 0.717) is 6.61 Å². The number of alkyl halides is 1. The fourth-order valence-corrected chi connectivity index (χ4v) is 3.61. The smallest absolute Gasteiger partial charge is 0.184 e. The van der Waals surface area contributed by atoms with Crippen LogP contribution in [0.4, 0.5) is 0 Å². The summed E-state index contributed by atoms with van der Waals surface area (Å²) in [5.41, 5.74) is -0.932. The zero-order valence-corrected chi connectivity index (χ0v) is 12.8. The topological polar surface area (TPSA) is 66.4 Å². The predicted octanol–water partition coefficient (Wildman–Crippen LogP) is 0.984. The summed E-state index contributed by atoms with van der Waals surface area (Å²) in [7, 11) is 0. The molecule has 116 valence electrons. The SMILES string of the molecule is CC1(C)OC[C@H]([C@H]2O[C@H](O)[C@@H]3OC(C)(C)O[C@]23CCl)O1. The van der Waals surface area contributed by atoms with Crippen molar-refractivity contribution in [3.8, 4) is 0 Å². The standard InChI is InChI=1S/C13H21ClO6/c1-11(2)16-5-7(18-11)8-13(6-14)9(10(15)17-8)19-12(3,4)20-13/h7-10,15H,5-6H2,1-4H3/t7-,8-,9+,10+,13-/m1/s1. The first-order valence-corrected chi connectivity index (χ1v) is 7.32. The molecule has 7 heteroatoms. The van der Waals surface area contributed by atoms with Gasteiger partial charge in [-0.15, -0.1) is 11.6 Å². The second kappa shape index (κ2) is 4.52. The van der Waals surface area contributed by atoms with E-state index in [9.17, 15) is 5.11 Å². The van der Waals surface area contributed by atoms with Crippen LogP contribution in [0.3, 0.4) is 0 Å². The molecule has 3 saturated heterocycles. The van der Waals surface area contributed by atoms with E-state index in [1.54, 1.807) is 13.8 Å². The minimum absolute atomic E-state index is 0.142. The van der Waals surface area contributed by atoms with E-state index in [1.807, 2.05) is 13.8 Å². The molecule has 3 aliphatic heterocycles. The maximum atomic E-state index is 10.1. The maximum Gasteiger partial charge on any atom is 0.184 e. The molecule has 0 spiro atoms. The highest BCUT2D eigenvalue weighted by Crippen LogP contribution is 2.49. The normalized spacial score (nSPS) is 49.5. The highest BCUT2D eigenvalue weighted by atomic mass is 35.5. The molecule has 0 radical (unpaired) electrons. The van der Waals surface area contributed by atoms with Crippen LogP contribution >= 0.6 is 11.6 Å². The minimum atomic E-state index is -1.09. The first kappa shape index (κ1) is 15.0. The van der Waals surface area contributed by atoms with Gasteiger partial charge < -0.3 is 28.8 Å². The van der Waals surface area contributed by atoms with Crippen LogP contribution in [0.15, 0.2) is 0 Å². The first-order chi connectivity index (χ1) is 9.19. The number of halogens is 1. The third-order valence-electron chi connectivity index (χ3n) is 3.93. The van der Waals surface area contributed by atoms with E-state index in [0.717, 1.165) is 0 Å². The van der Waals surface area contributed by atoms with Crippen LogP contribution < -0.4 is 0 Å². The number of hydrogen-bond donors (Lipinski definition) is 1. The molecule has 3 fully saturated rings. The molecule has 6 nitrogen and oxygen atoms in total. The van der Waals surface area contributed by atoms with Gasteiger partial charge in [0.25, 0.3) is 0 Å². The summed E-state index contributed by atoms with van der Waals surface area (Å²) >= 11 is 6.14. The van der Waals surface area contributed by atoms with Crippen molar-refractivity contribution in [1.29, 1.82) is 0 Å². The summed E-state index contributed by atoms with van der Waals surface area (Å²) in [5, 5.41) is 10.1. The Morgan fingerprint density at radius 1 is 1.10 bits per heavy atom. The van der Waals surface area contributed by atoms with Crippen LogP contribution in [0.25, 0.3) is 0 Å². The van der Waals surface area contributed by atoms with Crippen molar-refractivity contribution in [3.05, 3.63) is 0 Å². The van der Waals surface area contributed by atoms with Gasteiger partial charge in [-0.05, 0) is 27.7 Å². The van der Waals surface area contributed by atoms with Crippen LogP contribution in [0.2, 0.25) is 0 Å². The molecule has 3 aliphatic rings. The zero-order chi connectivity index (χ0) is 14.8. The summed E-state index contributed by atoms with van der Waals surface area (Å²) in [6.07, 6.45) is -2.62. The Morgan fingerprint density at radius 2 is 1.80 bits per heavy atom. The van der Waals surface area contributed by atoms with Crippen LogP contribution in [-0.2, 0) is 23.7 Å². The van der Waals surface area contributed by atoms with Gasteiger partial charge in [0.2, 0.25) is 0 Å². The Labute approximate surface area is 123 Å². The van der Waals surface area contributed by atoms with Gasteiger partial charge in [-0.25, -0.2) is 0 Å². The largest absolute Gasteiger partial charge is 0.366 e. The lowest BCUT2D eigenvalue weighted by Gasteiger charge is -2.33. The molecule has 0 aliphatic carbocycles. The summed E-state index contributed by atoms with van der Waals surface area (Å²) < 4.78 is 28.7. The molecular weight excluding hydrogens is 288 g/mol. The third kappa shape index (κ3) is 2.18. The van der Waals surface area contributed by atoms with E-state index in [2.05, 4.69) is 0 Å². The van der Waals surface area contributed by atoms with Gasteiger partial charge in [0, 0.05) is 0 Å². The third-order valence-corrected chi connectivity index (χ3v) is 4.35. The van der Waals surface area contributed by atoms with E-state index in [4.69, 9.17) is 35.3 Å². The molecule has 3 heterocycles. The average Bonchev–Trinajstić information content (AvgIpc) is 2.90. The molecular formula is C13H21ClO6. The molecule has 0 bridgehead atoms. The number of ether oxygens (including phenoxy) is 5. The lowest BCUT2D eigenvalue weighted by molar-refractivity contribution is -0.246. The summed E-state index contributed by atoms with van der Waals surface area (Å²) in [4.78, 5) is 0. The van der Waals surface area contributed by atoms with Crippen molar-refractivity contribution in [3.63, 3.8) is 0 Å². The van der Waals surface area contributed by atoms with Crippen molar-refractivity contribution in [2.45, 2.75) is 69.5 Å². The van der Waals surface area contributed by atoms with Gasteiger partial charge in [-0.2, -0.15) is 0 Å². The van der Waals surface area contributed by atoms with Crippen molar-refractivity contribution in [2.75, 3.05) is 12.5 Å². The van der Waals surface area contributed by atoms with E-state index in [-0.39, 0.29) is 12.0 Å². The van der Waals surface area contributed by atoms with Crippen LogP contribution in [0, 0.1) is 0 Å². The van der Waals surface area contributed by atoms with Gasteiger partial charge >= 0.3 is 0 Å². The Balaban J connectivity index is 1.88. The highest BCUT2D eigenvalue weighted by Gasteiger charge is 2.68. The summed E-state index contributed by atoms with van der Waals surface area (Å²) in [5.74, 6) is -1.36. The Hall–Kier alpha value is 0.0500. The van der Waals surface area contributed by atoms with Crippen molar-refractivity contribution < 1.29 is 28.8 Å². The maximum absolute atomic E-state index is 10.1. The Morgan fingerprint density at radius 3 is 2.35 bits per heavy atom. The summed E-state index contributed by atoms with van der Waals surface area (Å²) in [6.45, 7) is 7.61. The fourth-order valence-electron chi connectivity index (χ4n) is 3.25. The highest BCUT2D eigenvalue weighted by molar-refractivity contribution is 6.18. The van der Waals surface area contributed by atoms with E-state index >= 15 is 0 Å². The lowest BCUT2D eigenvalue weighted by atomic mass is 9.91. The van der Waals surface area contributed by atoms with Crippen molar-refractivity contribution >= 4 is 11.6 Å². The Kier molecular flexibility index (Phi) is 3.38. The number of fused-ring (bicyclic) bond motifs is 1. The average molecular weight is 309 g/mol. The molecule has 0 saturated carbocycles. The van der Waals surface area contributed by atoms with Gasteiger partial charge in [0.1, 0.15) is 23.9 Å². The molecule has 3 rings (SSSR count). The van der Waals surface area contributed by atoms with E-state index in [1.165, 1.54) is 0 Å². The summed E-state index contributed by atoms with van der Waals surface area (Å²) in [6, 6.07) is 0. The second-order valence-corrected chi connectivity index (χ2v) is 6.71. The zero-order valence-electron chi connectivity index (χ0n) is 12.1. The fraction of sp³-hybridized carbons (Fsp3) is 1.00. The van der Waals surface area contributed by atoms with Crippen LogP contribution in [0.1, 0.15) is 27.7 Å². The van der Waals surface area contributed by atoms with Gasteiger partial charge in [-0.1, -0.05) is 0 Å². The second-order valence-electron chi connectivity index (χ2n) is 6.44. The van der Waals surface area contributed by atoms with Crippen molar-refractivity contribution in [2.24, 2.45) is 0 Å². The molecule has 0 aromatic heterocycles. The van der Waals surface area contributed by atoms with E-state index < -0.39 is 35.7 Å². The predicted molar refractivity (Wildman–Crippen MR) is 69.3 cm³/mol. The Bertz CT molecular complexity index is 400. The van der Waals surface area contributed by atoms with Crippen LogP contribution in [0.5, 0.6) is 0 Å². The van der Waals surface area contributed by atoms with Crippen molar-refractivity contribution in [1.82, 2.24) is 0 Å².